The van der Waals surface area contributed by atoms with Gasteiger partial charge in [-0.1, -0.05) is 24.9 Å². The molecular formula is C13H16ClFN2OS. The minimum Gasteiger partial charge on any atom is -0.380 e. The summed E-state index contributed by atoms with van der Waals surface area (Å²) in [6, 6.07) is 2.95. The Morgan fingerprint density at radius 1 is 1.42 bits per heavy atom. The van der Waals surface area contributed by atoms with Crippen LogP contribution in [0.5, 0.6) is 0 Å². The molecule has 2 rings (SSSR count). The van der Waals surface area contributed by atoms with Gasteiger partial charge in [-0.05, 0) is 24.7 Å². The van der Waals surface area contributed by atoms with Crippen LogP contribution in [0.1, 0.15) is 19.8 Å². The van der Waals surface area contributed by atoms with E-state index in [4.69, 9.17) is 28.6 Å². The molecule has 0 saturated carbocycles. The van der Waals surface area contributed by atoms with Crippen LogP contribution in [0.2, 0.25) is 5.02 Å². The highest BCUT2D eigenvalue weighted by molar-refractivity contribution is 7.71. The van der Waals surface area contributed by atoms with Gasteiger partial charge < -0.3 is 14.3 Å². The third-order valence-corrected chi connectivity index (χ3v) is 3.53. The monoisotopic (exact) mass is 302 g/mol. The third-order valence-electron chi connectivity index (χ3n) is 2.92. The van der Waals surface area contributed by atoms with Crippen LogP contribution in [-0.2, 0) is 11.3 Å². The molecule has 1 aromatic heterocycles. The Morgan fingerprint density at radius 3 is 2.95 bits per heavy atom. The molecule has 6 heteroatoms. The predicted octanol–water partition coefficient (Wildman–Crippen LogP) is 4.31. The highest BCUT2D eigenvalue weighted by Crippen LogP contribution is 2.22. The number of ether oxygens (including phenoxy) is 1. The maximum Gasteiger partial charge on any atom is 0.178 e. The fourth-order valence-corrected chi connectivity index (χ4v) is 2.34. The first kappa shape index (κ1) is 14.5. The van der Waals surface area contributed by atoms with Gasteiger partial charge in [0.25, 0.3) is 0 Å². The summed E-state index contributed by atoms with van der Waals surface area (Å²) in [4.78, 5) is 3.02. The number of hydrogen-bond donors (Lipinski definition) is 1. The highest BCUT2D eigenvalue weighted by Gasteiger charge is 2.08. The number of H-pyrrole nitrogens is 1. The average molecular weight is 303 g/mol. The van der Waals surface area contributed by atoms with Gasteiger partial charge in [-0.2, -0.15) is 0 Å². The number of nitrogens with zero attached hydrogens (tertiary/aromatic N) is 1. The molecule has 0 bridgehead atoms. The Labute approximate surface area is 121 Å². The number of benzene rings is 1. The van der Waals surface area contributed by atoms with Crippen LogP contribution < -0.4 is 0 Å². The molecule has 0 aliphatic rings. The van der Waals surface area contributed by atoms with Crippen molar-refractivity contribution < 1.29 is 9.13 Å². The average Bonchev–Trinajstić information content (AvgIpc) is 2.66. The molecule has 1 heterocycles. The topological polar surface area (TPSA) is 29.9 Å². The molecule has 1 N–H and O–H groups in total. The molecule has 0 aliphatic heterocycles. The van der Waals surface area contributed by atoms with E-state index < -0.39 is 5.82 Å². The van der Waals surface area contributed by atoms with Crippen molar-refractivity contribution in [2.45, 2.75) is 26.3 Å². The number of imidazole rings is 1. The van der Waals surface area contributed by atoms with Crippen LogP contribution in [0.3, 0.4) is 0 Å². The summed E-state index contributed by atoms with van der Waals surface area (Å²) in [6.07, 6.45) is 2.15. The zero-order valence-electron chi connectivity index (χ0n) is 10.7. The smallest absolute Gasteiger partial charge is 0.178 e. The molecule has 0 amide bonds. The summed E-state index contributed by atoms with van der Waals surface area (Å²) in [7, 11) is 0. The lowest BCUT2D eigenvalue weighted by molar-refractivity contribution is 0.124. The van der Waals surface area contributed by atoms with E-state index in [1.54, 1.807) is 6.07 Å². The first-order valence-corrected chi connectivity index (χ1v) is 7.07. The Kier molecular flexibility index (Phi) is 4.96. The Balaban J connectivity index is 2.16. The Morgan fingerprint density at radius 2 is 2.21 bits per heavy atom. The van der Waals surface area contributed by atoms with Crippen molar-refractivity contribution in [3.8, 4) is 0 Å². The van der Waals surface area contributed by atoms with Gasteiger partial charge in [0.1, 0.15) is 5.82 Å². The largest absolute Gasteiger partial charge is 0.380 e. The Bertz CT molecular complexity index is 623. The van der Waals surface area contributed by atoms with E-state index in [0.717, 1.165) is 25.0 Å². The molecule has 0 radical (unpaired) electrons. The van der Waals surface area contributed by atoms with Gasteiger partial charge in [0.05, 0.1) is 22.7 Å². The van der Waals surface area contributed by atoms with Gasteiger partial charge in [0, 0.05) is 19.2 Å². The molecule has 0 spiro atoms. The summed E-state index contributed by atoms with van der Waals surface area (Å²) in [6.45, 7) is 4.02. The lowest BCUT2D eigenvalue weighted by Gasteiger charge is -2.06. The van der Waals surface area contributed by atoms with Crippen LogP contribution in [0.4, 0.5) is 4.39 Å². The standard InChI is InChI=1S/C13H16ClFN2OS/c1-2-3-5-18-6-4-17-12-8-10(15)9(14)7-11(12)16-13(17)19/h7-8H,2-6H2,1H3,(H,16,19). The lowest BCUT2D eigenvalue weighted by Crippen LogP contribution is -2.07. The van der Waals surface area contributed by atoms with Crippen LogP contribution in [0, 0.1) is 10.6 Å². The van der Waals surface area contributed by atoms with Crippen molar-refractivity contribution in [1.29, 1.82) is 0 Å². The van der Waals surface area contributed by atoms with Gasteiger partial charge in [0.15, 0.2) is 4.77 Å². The van der Waals surface area contributed by atoms with Crippen LogP contribution in [-0.4, -0.2) is 22.8 Å². The highest BCUT2D eigenvalue weighted by atomic mass is 35.5. The minimum atomic E-state index is -0.441. The molecule has 0 fully saturated rings. The summed E-state index contributed by atoms with van der Waals surface area (Å²) in [5, 5.41) is 0.0927. The maximum atomic E-state index is 13.5. The molecule has 0 atom stereocenters. The molecule has 0 saturated heterocycles. The number of fused-ring (bicyclic) bond motifs is 1. The summed E-state index contributed by atoms with van der Waals surface area (Å²) < 4.78 is 21.4. The normalized spacial score (nSPS) is 11.3. The van der Waals surface area contributed by atoms with Crippen LogP contribution >= 0.6 is 23.8 Å². The number of nitrogens with one attached hydrogen (secondary N) is 1. The predicted molar refractivity (Wildman–Crippen MR) is 77.8 cm³/mol. The number of rotatable bonds is 6. The molecule has 1 aromatic carbocycles. The molecule has 19 heavy (non-hydrogen) atoms. The van der Waals surface area contributed by atoms with Gasteiger partial charge >= 0.3 is 0 Å². The zero-order chi connectivity index (χ0) is 13.8. The van der Waals surface area contributed by atoms with E-state index in [0.29, 0.717) is 23.4 Å². The quantitative estimate of drug-likeness (QED) is 0.636. The van der Waals surface area contributed by atoms with Crippen molar-refractivity contribution in [2.75, 3.05) is 13.2 Å². The first-order chi connectivity index (χ1) is 9.13. The van der Waals surface area contributed by atoms with Crippen molar-refractivity contribution in [3.63, 3.8) is 0 Å². The van der Waals surface area contributed by atoms with Crippen LogP contribution in [0.25, 0.3) is 11.0 Å². The van der Waals surface area contributed by atoms with Crippen molar-refractivity contribution in [2.24, 2.45) is 0 Å². The molecule has 0 aliphatic carbocycles. The molecule has 104 valence electrons. The lowest BCUT2D eigenvalue weighted by atomic mass is 10.3. The number of halogens is 2. The van der Waals surface area contributed by atoms with E-state index in [-0.39, 0.29) is 5.02 Å². The number of unbranched alkanes of at least 4 members (excludes halogenated alkanes) is 1. The summed E-state index contributed by atoms with van der Waals surface area (Å²) >= 11 is 11.0. The van der Waals surface area contributed by atoms with E-state index >= 15 is 0 Å². The SMILES string of the molecule is CCCCOCCn1c(=S)[nH]c2cc(Cl)c(F)cc21. The molecular weight excluding hydrogens is 287 g/mol. The first-order valence-electron chi connectivity index (χ1n) is 6.28. The van der Waals surface area contributed by atoms with E-state index in [1.807, 2.05) is 4.57 Å². The van der Waals surface area contributed by atoms with Crippen molar-refractivity contribution in [3.05, 3.63) is 27.7 Å². The Hall–Kier alpha value is -0.910. The van der Waals surface area contributed by atoms with Gasteiger partial charge in [-0.3, -0.25) is 0 Å². The van der Waals surface area contributed by atoms with E-state index in [1.165, 1.54) is 6.07 Å². The second-order valence-corrected chi connectivity index (χ2v) is 5.13. The van der Waals surface area contributed by atoms with E-state index in [9.17, 15) is 4.39 Å². The number of aromatic nitrogens is 2. The third kappa shape index (κ3) is 3.35. The van der Waals surface area contributed by atoms with Crippen LogP contribution in [0.15, 0.2) is 12.1 Å². The number of aromatic amines is 1. The summed E-state index contributed by atoms with van der Waals surface area (Å²) in [5.41, 5.74) is 1.45. The maximum absolute atomic E-state index is 13.5. The molecule has 0 unspecified atom stereocenters. The van der Waals surface area contributed by atoms with Gasteiger partial charge in [-0.15, -0.1) is 0 Å². The minimum absolute atomic E-state index is 0.0927. The second-order valence-electron chi connectivity index (χ2n) is 4.33. The fraction of sp³-hybridized carbons (Fsp3) is 0.462. The van der Waals surface area contributed by atoms with Crippen molar-refractivity contribution >= 4 is 34.9 Å². The second kappa shape index (κ2) is 6.50. The summed E-state index contributed by atoms with van der Waals surface area (Å²) in [5.74, 6) is -0.441. The van der Waals surface area contributed by atoms with Gasteiger partial charge in [-0.25, -0.2) is 4.39 Å². The van der Waals surface area contributed by atoms with E-state index in [2.05, 4.69) is 11.9 Å². The van der Waals surface area contributed by atoms with Gasteiger partial charge in [0.2, 0.25) is 0 Å². The molecule has 3 nitrogen and oxygen atoms in total. The fourth-order valence-electron chi connectivity index (χ4n) is 1.88. The number of hydrogen-bond acceptors (Lipinski definition) is 2. The zero-order valence-corrected chi connectivity index (χ0v) is 12.3. The molecule has 2 aromatic rings. The van der Waals surface area contributed by atoms with Crippen molar-refractivity contribution in [1.82, 2.24) is 9.55 Å².